The molecule has 7 heteroatoms. The third kappa shape index (κ3) is 2.50. The maximum atomic E-state index is 11.9. The highest BCUT2D eigenvalue weighted by atomic mass is 16.5. The molecule has 0 radical (unpaired) electrons. The summed E-state index contributed by atoms with van der Waals surface area (Å²) in [6.45, 7) is 1.95. The van der Waals surface area contributed by atoms with Crippen LogP contribution >= 0.6 is 0 Å². The van der Waals surface area contributed by atoms with Gasteiger partial charge in [-0.05, 0) is 19.1 Å². The molecule has 0 amide bonds. The molecule has 0 spiro atoms. The molecule has 0 atom stereocenters. The molecule has 1 heterocycles. The van der Waals surface area contributed by atoms with E-state index < -0.39 is 5.97 Å². The van der Waals surface area contributed by atoms with Crippen molar-refractivity contribution < 1.29 is 9.53 Å². The molecule has 1 aliphatic heterocycles. The molecule has 0 aliphatic carbocycles. The fourth-order valence-corrected chi connectivity index (χ4v) is 1.71. The van der Waals surface area contributed by atoms with Gasteiger partial charge in [-0.25, -0.2) is 15.6 Å². The van der Waals surface area contributed by atoms with Gasteiger partial charge in [-0.2, -0.15) is 0 Å². The molecule has 0 unspecified atom stereocenters. The largest absolute Gasteiger partial charge is 0.462 e. The first-order valence-corrected chi connectivity index (χ1v) is 5.76. The maximum Gasteiger partial charge on any atom is 0.345 e. The molecular weight excluding hydrogens is 246 g/mol. The summed E-state index contributed by atoms with van der Waals surface area (Å²) in [6.07, 6.45) is 0. The van der Waals surface area contributed by atoms with E-state index in [9.17, 15) is 4.79 Å². The van der Waals surface area contributed by atoms with Gasteiger partial charge >= 0.3 is 5.97 Å². The van der Waals surface area contributed by atoms with Crippen LogP contribution in [0, 0.1) is 0 Å². The van der Waals surface area contributed by atoms with Crippen LogP contribution in [0.5, 0.6) is 0 Å². The molecule has 0 saturated heterocycles. The van der Waals surface area contributed by atoms with Gasteiger partial charge in [0.1, 0.15) is 17.2 Å². The van der Waals surface area contributed by atoms with Gasteiger partial charge < -0.3 is 21.2 Å². The van der Waals surface area contributed by atoms with Crippen molar-refractivity contribution in [1.29, 1.82) is 0 Å². The van der Waals surface area contributed by atoms with Crippen molar-refractivity contribution >= 4 is 23.2 Å². The number of nitrogens with two attached hydrogens (primary N) is 2. The molecule has 7 nitrogen and oxygen atoms in total. The van der Waals surface area contributed by atoms with Gasteiger partial charge in [-0.3, -0.25) is 0 Å². The molecular formula is C12H15N5O2. The summed E-state index contributed by atoms with van der Waals surface area (Å²) in [5, 5.41) is 2.98. The van der Waals surface area contributed by atoms with E-state index in [2.05, 4.69) is 15.7 Å². The topological polar surface area (TPSA) is 115 Å². The molecule has 19 heavy (non-hydrogen) atoms. The second kappa shape index (κ2) is 5.40. The van der Waals surface area contributed by atoms with E-state index in [1.807, 2.05) is 12.1 Å². The van der Waals surface area contributed by atoms with Crippen molar-refractivity contribution in [2.45, 2.75) is 6.92 Å². The minimum Gasteiger partial charge on any atom is -0.462 e. The lowest BCUT2D eigenvalue weighted by atomic mass is 10.2. The minimum atomic E-state index is -0.586. The number of ether oxygens (including phenoxy) is 1. The van der Waals surface area contributed by atoms with Gasteiger partial charge in [0.15, 0.2) is 0 Å². The molecule has 0 aromatic heterocycles. The van der Waals surface area contributed by atoms with E-state index in [0.717, 1.165) is 0 Å². The summed E-state index contributed by atoms with van der Waals surface area (Å²) < 4.78 is 4.95. The molecule has 2 rings (SSSR count). The summed E-state index contributed by atoms with van der Waals surface area (Å²) in [5.74, 6) is 5.14. The number of fused-ring (bicyclic) bond motifs is 1. The lowest BCUT2D eigenvalue weighted by Crippen LogP contribution is -2.34. The third-order valence-electron chi connectivity index (χ3n) is 2.53. The normalized spacial score (nSPS) is 13.9. The number of carbonyl (C=O) groups is 1. The zero-order valence-corrected chi connectivity index (χ0v) is 10.4. The van der Waals surface area contributed by atoms with Crippen LogP contribution in [0.4, 0.5) is 11.4 Å². The van der Waals surface area contributed by atoms with Gasteiger partial charge in [0.2, 0.25) is 0 Å². The number of amidine groups is 1. The van der Waals surface area contributed by atoms with E-state index in [1.54, 1.807) is 19.1 Å². The number of hydrogen-bond acceptors (Lipinski definition) is 7. The number of para-hydroxylation sites is 2. The number of benzene rings is 1. The van der Waals surface area contributed by atoms with Gasteiger partial charge in [-0.15, -0.1) is 0 Å². The number of esters is 1. The van der Waals surface area contributed by atoms with Crippen LogP contribution < -0.4 is 22.3 Å². The second-order valence-corrected chi connectivity index (χ2v) is 3.75. The van der Waals surface area contributed by atoms with Gasteiger partial charge in [-0.1, -0.05) is 12.1 Å². The Morgan fingerprint density at radius 1 is 1.47 bits per heavy atom. The highest BCUT2D eigenvalue weighted by Gasteiger charge is 2.24. The first-order valence-electron chi connectivity index (χ1n) is 5.76. The fourth-order valence-electron chi connectivity index (χ4n) is 1.71. The van der Waals surface area contributed by atoms with Gasteiger partial charge in [0.05, 0.1) is 18.0 Å². The van der Waals surface area contributed by atoms with Crippen LogP contribution in [-0.2, 0) is 9.53 Å². The predicted molar refractivity (Wildman–Crippen MR) is 72.3 cm³/mol. The lowest BCUT2D eigenvalue weighted by Gasteiger charge is -2.13. The van der Waals surface area contributed by atoms with Crippen molar-refractivity contribution in [1.82, 2.24) is 5.43 Å². The maximum absolute atomic E-state index is 11.9. The van der Waals surface area contributed by atoms with Crippen molar-refractivity contribution in [2.24, 2.45) is 16.6 Å². The molecule has 1 aromatic rings. The Hall–Kier alpha value is -2.54. The first kappa shape index (κ1) is 12.9. The monoisotopic (exact) mass is 261 g/mol. The number of nitrogens with zero attached hydrogens (tertiary/aromatic N) is 1. The number of aliphatic imine (C=N–C) groups is 1. The van der Waals surface area contributed by atoms with Gasteiger partial charge in [0.25, 0.3) is 0 Å². The minimum absolute atomic E-state index is 0.0452. The van der Waals surface area contributed by atoms with E-state index >= 15 is 0 Å². The Balaban J connectivity index is 2.51. The van der Waals surface area contributed by atoms with Crippen molar-refractivity contribution in [3.63, 3.8) is 0 Å². The van der Waals surface area contributed by atoms with Crippen LogP contribution in [0.15, 0.2) is 40.7 Å². The molecule has 0 fully saturated rings. The van der Waals surface area contributed by atoms with Crippen LogP contribution in [0.25, 0.3) is 0 Å². The van der Waals surface area contributed by atoms with Crippen molar-refractivity contribution in [3.05, 3.63) is 35.7 Å². The number of anilines is 1. The summed E-state index contributed by atoms with van der Waals surface area (Å²) in [7, 11) is 0. The predicted octanol–water partition coefficient (Wildman–Crippen LogP) is 0.339. The Labute approximate surface area is 110 Å². The molecule has 0 bridgehead atoms. The van der Waals surface area contributed by atoms with E-state index in [-0.39, 0.29) is 23.8 Å². The molecule has 6 N–H and O–H groups in total. The molecule has 0 saturated carbocycles. The Kier molecular flexibility index (Phi) is 3.67. The number of rotatable bonds is 3. The van der Waals surface area contributed by atoms with Crippen molar-refractivity contribution in [2.75, 3.05) is 11.9 Å². The highest BCUT2D eigenvalue weighted by Crippen LogP contribution is 2.28. The molecule has 1 aromatic carbocycles. The van der Waals surface area contributed by atoms with Crippen LogP contribution in [-0.4, -0.2) is 18.4 Å². The Bertz CT molecular complexity index is 565. The third-order valence-corrected chi connectivity index (χ3v) is 2.53. The zero-order chi connectivity index (χ0) is 13.8. The first-order chi connectivity index (χ1) is 9.17. The fraction of sp³-hybridized carbons (Fsp3) is 0.167. The Morgan fingerprint density at radius 2 is 2.21 bits per heavy atom. The Morgan fingerprint density at radius 3 is 2.89 bits per heavy atom. The molecule has 1 aliphatic rings. The van der Waals surface area contributed by atoms with Gasteiger partial charge in [0, 0.05) is 0 Å². The van der Waals surface area contributed by atoms with Crippen LogP contribution in [0.1, 0.15) is 6.92 Å². The SMILES string of the molecule is CCOC(=O)C1=C(NN)Nc2ccccc2N=C1N. The number of hydrogen-bond donors (Lipinski definition) is 4. The smallest absolute Gasteiger partial charge is 0.345 e. The average Bonchev–Trinajstić information content (AvgIpc) is 2.54. The zero-order valence-electron chi connectivity index (χ0n) is 10.4. The lowest BCUT2D eigenvalue weighted by molar-refractivity contribution is -0.137. The highest BCUT2D eigenvalue weighted by molar-refractivity contribution is 6.20. The van der Waals surface area contributed by atoms with E-state index in [0.29, 0.717) is 11.4 Å². The standard InChI is InChI=1S/C12H15N5O2/c1-2-19-12(18)9-10(13)15-7-5-3-4-6-8(7)16-11(9)17-14/h3-6,16-17H,2,14H2,1H3,(H2,13,15). The number of carbonyl (C=O) groups excluding carboxylic acids is 1. The number of hydrazine groups is 1. The van der Waals surface area contributed by atoms with Crippen LogP contribution in [0.2, 0.25) is 0 Å². The van der Waals surface area contributed by atoms with E-state index in [1.165, 1.54) is 0 Å². The summed E-state index contributed by atoms with van der Waals surface area (Å²) in [5.41, 5.74) is 9.65. The quantitative estimate of drug-likeness (QED) is 0.354. The molecule has 100 valence electrons. The van der Waals surface area contributed by atoms with Crippen molar-refractivity contribution in [3.8, 4) is 0 Å². The summed E-state index contributed by atoms with van der Waals surface area (Å²) in [4.78, 5) is 16.1. The number of nitrogens with one attached hydrogen (secondary N) is 2. The second-order valence-electron chi connectivity index (χ2n) is 3.75. The summed E-state index contributed by atoms with van der Waals surface area (Å²) in [6, 6.07) is 7.23. The van der Waals surface area contributed by atoms with Crippen LogP contribution in [0.3, 0.4) is 0 Å². The summed E-state index contributed by atoms with van der Waals surface area (Å²) >= 11 is 0. The average molecular weight is 261 g/mol. The van der Waals surface area contributed by atoms with E-state index in [4.69, 9.17) is 16.3 Å².